The van der Waals surface area contributed by atoms with Crippen LogP contribution >= 0.6 is 0 Å². The third-order valence-corrected chi connectivity index (χ3v) is 31.1. The number of hydrogen-bond donors (Lipinski definition) is 9. The lowest BCUT2D eigenvalue weighted by Gasteiger charge is -2.50. The molecular formula is C114H221N25. The van der Waals surface area contributed by atoms with Crippen LogP contribution in [0.2, 0.25) is 0 Å². The van der Waals surface area contributed by atoms with Crippen molar-refractivity contribution in [3.63, 3.8) is 0 Å². The number of aryl methyl sites for hydroxylation is 3. The third kappa shape index (κ3) is 39.5. The highest BCUT2D eigenvalue weighted by Gasteiger charge is 2.49. The van der Waals surface area contributed by atoms with Crippen molar-refractivity contribution >= 4 is 35.7 Å². The Bertz CT molecular complexity index is 4130. The number of aromatic nitrogens is 9. The number of hydrogen-bond acceptors (Lipinski definition) is 25. The summed E-state index contributed by atoms with van der Waals surface area (Å²) in [5.74, 6) is 7.30. The Kier molecular flexibility index (Phi) is 40.1. The van der Waals surface area contributed by atoms with E-state index in [1.807, 2.05) is 13.8 Å². The number of nitrogens with one attached hydrogen (secondary N) is 9. The Morgan fingerprint density at radius 1 is 0.273 bits per heavy atom. The Balaban J connectivity index is 0.000000257. The summed E-state index contributed by atoms with van der Waals surface area (Å²) in [6.45, 7) is 93.0. The summed E-state index contributed by atoms with van der Waals surface area (Å²) >= 11 is 0. The number of piperidine rings is 7. The highest BCUT2D eigenvalue weighted by molar-refractivity contribution is 5.44. The van der Waals surface area contributed by atoms with Gasteiger partial charge in [-0.25, -0.2) is 0 Å². The molecule has 0 spiro atoms. The molecule has 7 saturated heterocycles. The summed E-state index contributed by atoms with van der Waals surface area (Å²) < 4.78 is 0. The van der Waals surface area contributed by atoms with Crippen LogP contribution in [-0.2, 0) is 0 Å². The molecule has 25 heteroatoms. The molecule has 9 N–H and O–H groups in total. The summed E-state index contributed by atoms with van der Waals surface area (Å²) in [6.07, 6.45) is 40.2. The van der Waals surface area contributed by atoms with E-state index in [0.717, 1.165) is 163 Å². The molecule has 3 aromatic rings. The van der Waals surface area contributed by atoms with Gasteiger partial charge in [-0.3, -0.25) is 0 Å². The molecule has 8 aliphatic rings. The smallest absolute Gasteiger partial charge is 0.230 e. The monoisotopic (exact) mass is 1940 g/mol. The zero-order valence-electron chi connectivity index (χ0n) is 97.8. The van der Waals surface area contributed by atoms with E-state index in [4.69, 9.17) is 44.9 Å². The number of unbranched alkanes of at least 4 members (excludes halogenated alkanes) is 10. The first kappa shape index (κ1) is 118. The SMILES string of the molecule is CCCCN(c1nc(C)nc(N(CCCCCCN(C)C2CC(C)(C)NC(C)(C)C2)C2CC(C)(C)NC(C)(C)C2)n1)C1CC(C)(C)NC(C)(C)C1.Cc1nc(NC(C)(C)CC(C)(C)C)nc(N(CCCCCCN(C)C2CC(C)(C)NC(C)(C)C2)C2CC(C)(C)NC(C)(C)C2)n1.Cc1nc(NC2CCCCC2)nc(N(CCCCCCN(C)C2CC(C)(C)NC(C)(C)C2)C2CC(C)(C)NC(C)(C)C2)n1.[HH]. The summed E-state index contributed by atoms with van der Waals surface area (Å²) in [4.78, 5) is 63.2. The zero-order chi connectivity index (χ0) is 104. The van der Waals surface area contributed by atoms with Gasteiger partial charge in [-0.05, 0) is 429 Å². The zero-order valence-corrected chi connectivity index (χ0v) is 97.8. The lowest BCUT2D eigenvalue weighted by Crippen LogP contribution is -2.63. The maximum Gasteiger partial charge on any atom is 0.230 e. The molecule has 1 saturated carbocycles. The fourth-order valence-corrected chi connectivity index (χ4v) is 28.5. The molecule has 7 aliphatic heterocycles. The largest absolute Gasteiger partial charge is 0.351 e. The van der Waals surface area contributed by atoms with E-state index in [1.165, 1.54) is 148 Å². The van der Waals surface area contributed by atoms with E-state index < -0.39 is 0 Å². The quantitative estimate of drug-likeness (QED) is 0.0240. The number of anilines is 6. The van der Waals surface area contributed by atoms with Crippen LogP contribution < -0.4 is 67.5 Å². The Labute approximate surface area is 855 Å². The summed E-state index contributed by atoms with van der Waals surface area (Å²) in [5, 5.41) is 34.4. The Hall–Kier alpha value is -4.57. The van der Waals surface area contributed by atoms with Gasteiger partial charge in [0, 0.05) is 159 Å². The van der Waals surface area contributed by atoms with Crippen molar-refractivity contribution in [3.8, 4) is 0 Å². The molecule has 0 bridgehead atoms. The molecule has 11 rings (SSSR count). The summed E-state index contributed by atoms with van der Waals surface area (Å²) in [7, 11) is 7.02. The fraction of sp³-hybridized carbons (Fsp3) is 0.921. The van der Waals surface area contributed by atoms with Crippen LogP contribution in [0.1, 0.15) is 473 Å². The molecule has 0 unspecified atom stereocenters. The minimum Gasteiger partial charge on any atom is -0.351 e. The topological polar surface area (TPSA) is 247 Å². The van der Waals surface area contributed by atoms with E-state index in [9.17, 15) is 0 Å². The molecule has 0 atom stereocenters. The summed E-state index contributed by atoms with van der Waals surface area (Å²) in [5.41, 5.74) is 1.62. The van der Waals surface area contributed by atoms with Crippen LogP contribution in [-0.4, -0.2) is 258 Å². The highest BCUT2D eigenvalue weighted by Crippen LogP contribution is 2.43. The predicted octanol–water partition coefficient (Wildman–Crippen LogP) is 22.8. The normalized spacial score (nSPS) is 23.6. The molecule has 0 radical (unpaired) electrons. The standard InChI is InChI=1S/C42H81N9.C37H72N8.C35H66N8.H2/c1-16-17-23-50(33-27-39(7,8)47-40(9,10)28-33)35-43-31(2)44-36(45-35)51(34-29-41(11,12)48-42(13,14)30-34)24-21-19-18-20-22-49(15)32-25-37(3,4)46-38(5,6)26-32;1-27-38-30(41-37(13,14)26-32(2,3)4)40-31(39-27)45(29-24-35(9,10)43-36(11,12)25-29)21-19-17-16-18-20-44(15)28-22-33(5,6)42-34(7,8)23-28;1-26-36-30(38-27-18-14-13-15-19-27)39-31(37-26)43(29-24-34(6,7)41-35(8,9)25-29)21-17-12-11-16-20-42(10)28-22-32(2,3)40-33(4,5)23-28;/h32-34,46-48H,16-30H2,1-15H3;28-29,42-43H,16-26H2,1-15H3,(H,38,39,40,41);27-29,40-41H,11-25H2,1-10H3,(H,36,37,38,39);1H. The molecule has 0 aromatic carbocycles. The molecule has 3 aromatic heterocycles. The van der Waals surface area contributed by atoms with Gasteiger partial charge in [0.1, 0.15) is 17.5 Å². The highest BCUT2D eigenvalue weighted by atomic mass is 15.4. The number of rotatable bonds is 40. The molecule has 25 nitrogen and oxygen atoms in total. The molecule has 1 aliphatic carbocycles. The minimum atomic E-state index is -0.125. The van der Waals surface area contributed by atoms with Gasteiger partial charge in [-0.15, -0.1) is 0 Å². The second kappa shape index (κ2) is 47.3. The van der Waals surface area contributed by atoms with Gasteiger partial charge in [0.15, 0.2) is 0 Å². The van der Waals surface area contributed by atoms with Gasteiger partial charge in [0.05, 0.1) is 0 Å². The second-order valence-electron chi connectivity index (χ2n) is 57.2. The van der Waals surface area contributed by atoms with Crippen LogP contribution in [0.5, 0.6) is 0 Å². The maximum atomic E-state index is 5.42. The van der Waals surface area contributed by atoms with Crippen LogP contribution in [0.3, 0.4) is 0 Å². The molecule has 10 heterocycles. The van der Waals surface area contributed by atoms with Crippen LogP contribution in [0.25, 0.3) is 0 Å². The van der Waals surface area contributed by atoms with Crippen molar-refractivity contribution in [1.29, 1.82) is 0 Å². The van der Waals surface area contributed by atoms with Crippen molar-refractivity contribution in [3.05, 3.63) is 17.5 Å². The van der Waals surface area contributed by atoms with E-state index in [1.54, 1.807) is 0 Å². The van der Waals surface area contributed by atoms with Crippen LogP contribution in [0, 0.1) is 26.2 Å². The molecular weight excluding hydrogens is 1720 g/mol. The number of nitrogens with zero attached hydrogens (tertiary/aromatic N) is 16. The molecule has 802 valence electrons. The first-order valence-corrected chi connectivity index (χ1v) is 56.2. The Morgan fingerprint density at radius 2 is 0.489 bits per heavy atom. The molecule has 0 amide bonds. The van der Waals surface area contributed by atoms with Gasteiger partial charge in [-0.2, -0.15) is 44.9 Å². The maximum absolute atomic E-state index is 5.42. The third-order valence-electron chi connectivity index (χ3n) is 31.1. The fourth-order valence-electron chi connectivity index (χ4n) is 28.5. The lowest BCUT2D eigenvalue weighted by atomic mass is 9.79. The first-order valence-electron chi connectivity index (χ1n) is 56.2. The van der Waals surface area contributed by atoms with Crippen molar-refractivity contribution in [2.24, 2.45) is 5.41 Å². The van der Waals surface area contributed by atoms with Crippen molar-refractivity contribution in [2.45, 2.75) is 606 Å². The van der Waals surface area contributed by atoms with Gasteiger partial charge in [-0.1, -0.05) is 91.9 Å². The van der Waals surface area contributed by atoms with Crippen LogP contribution in [0.15, 0.2) is 0 Å². The van der Waals surface area contributed by atoms with Crippen molar-refractivity contribution in [2.75, 3.05) is 97.2 Å². The lowest BCUT2D eigenvalue weighted by molar-refractivity contribution is 0.0802. The average molecular weight is 1940 g/mol. The molecule has 139 heavy (non-hydrogen) atoms. The Morgan fingerprint density at radius 3 is 0.741 bits per heavy atom. The van der Waals surface area contributed by atoms with Gasteiger partial charge >= 0.3 is 0 Å². The second-order valence-corrected chi connectivity index (χ2v) is 57.2. The van der Waals surface area contributed by atoms with E-state index in [-0.39, 0.29) is 89.9 Å². The predicted molar refractivity (Wildman–Crippen MR) is 596 cm³/mol. The summed E-state index contributed by atoms with van der Waals surface area (Å²) in [6, 6.07) is 3.91. The van der Waals surface area contributed by atoms with Crippen molar-refractivity contribution < 1.29 is 1.43 Å². The van der Waals surface area contributed by atoms with Gasteiger partial charge in [0.25, 0.3) is 0 Å². The van der Waals surface area contributed by atoms with Crippen LogP contribution in [0.4, 0.5) is 35.7 Å². The molecule has 8 fully saturated rings. The van der Waals surface area contributed by atoms with E-state index >= 15 is 0 Å². The van der Waals surface area contributed by atoms with Gasteiger partial charge < -0.3 is 82.2 Å². The minimum absolute atomic E-state index is 0. The first-order chi connectivity index (χ1) is 63.8. The van der Waals surface area contributed by atoms with Gasteiger partial charge in [0.2, 0.25) is 35.7 Å². The average Bonchev–Trinajstić information content (AvgIpc) is 0.778. The van der Waals surface area contributed by atoms with Crippen molar-refractivity contribution in [1.82, 2.24) is 96.8 Å². The van der Waals surface area contributed by atoms with E-state index in [2.05, 4.69) is 346 Å². The van der Waals surface area contributed by atoms with E-state index in [0.29, 0.717) is 54.3 Å².